The molecule has 0 aliphatic carbocycles. The lowest BCUT2D eigenvalue weighted by atomic mass is 10.2. The summed E-state index contributed by atoms with van der Waals surface area (Å²) in [5.41, 5.74) is 3.35. The molecule has 0 saturated heterocycles. The molecule has 0 saturated carbocycles. The highest BCUT2D eigenvalue weighted by Gasteiger charge is 2.09. The zero-order chi connectivity index (χ0) is 17.6. The number of fused-ring (bicyclic) bond motifs is 1. The molecule has 0 atom stereocenters. The molecule has 0 aliphatic heterocycles. The van der Waals surface area contributed by atoms with Crippen LogP contribution in [0.4, 0.5) is 5.13 Å². The molecule has 6 heteroatoms. The smallest absolute Gasteiger partial charge is 0.236 e. The molecule has 0 aliphatic rings. The average Bonchev–Trinajstić information content (AvgIpc) is 2.98. The average molecular weight is 373 g/mol. The summed E-state index contributed by atoms with van der Waals surface area (Å²) >= 11 is 3.07. The fraction of sp³-hybridized carbons (Fsp3) is 0.263. The fourth-order valence-electron chi connectivity index (χ4n) is 2.32. The van der Waals surface area contributed by atoms with Crippen molar-refractivity contribution in [3.05, 3.63) is 53.6 Å². The minimum absolute atomic E-state index is 0.0267. The summed E-state index contributed by atoms with van der Waals surface area (Å²) in [6.45, 7) is 4.66. The van der Waals surface area contributed by atoms with E-state index in [-0.39, 0.29) is 5.91 Å². The number of rotatable bonds is 7. The van der Waals surface area contributed by atoms with Crippen molar-refractivity contribution in [3.8, 4) is 5.75 Å². The van der Waals surface area contributed by atoms with E-state index in [1.807, 2.05) is 25.1 Å². The van der Waals surface area contributed by atoms with Gasteiger partial charge in [0.05, 0.1) is 22.6 Å². The van der Waals surface area contributed by atoms with Gasteiger partial charge in [-0.2, -0.15) is 0 Å². The second-order valence-corrected chi connectivity index (χ2v) is 7.62. The molecular formula is C19H20N2O2S2. The fourth-order valence-corrected chi connectivity index (χ4v) is 4.01. The number of hydrogen-bond acceptors (Lipinski definition) is 5. The predicted octanol–water partition coefficient (Wildman–Crippen LogP) is 4.88. The Morgan fingerprint density at radius 3 is 2.80 bits per heavy atom. The van der Waals surface area contributed by atoms with Crippen LogP contribution < -0.4 is 10.1 Å². The Balaban J connectivity index is 1.53. The Kier molecular flexibility index (Phi) is 5.94. The lowest BCUT2D eigenvalue weighted by Gasteiger charge is -2.03. The van der Waals surface area contributed by atoms with Crippen LogP contribution in [0.1, 0.15) is 18.1 Å². The maximum atomic E-state index is 12.1. The van der Waals surface area contributed by atoms with Crippen molar-refractivity contribution in [2.45, 2.75) is 19.6 Å². The van der Waals surface area contributed by atoms with Crippen LogP contribution in [0.2, 0.25) is 0 Å². The molecule has 2 aromatic carbocycles. The molecule has 1 N–H and O–H groups in total. The van der Waals surface area contributed by atoms with Crippen molar-refractivity contribution < 1.29 is 9.53 Å². The first-order valence-corrected chi connectivity index (χ1v) is 10.1. The van der Waals surface area contributed by atoms with Crippen molar-refractivity contribution >= 4 is 44.4 Å². The number of thioether (sulfide) groups is 1. The van der Waals surface area contributed by atoms with E-state index in [4.69, 9.17) is 4.74 Å². The minimum Gasteiger partial charge on any atom is -0.494 e. The Hall–Kier alpha value is -2.05. The van der Waals surface area contributed by atoms with E-state index in [9.17, 15) is 4.79 Å². The van der Waals surface area contributed by atoms with Gasteiger partial charge in [-0.3, -0.25) is 4.79 Å². The van der Waals surface area contributed by atoms with E-state index >= 15 is 0 Å². The number of aromatic nitrogens is 1. The molecule has 25 heavy (non-hydrogen) atoms. The van der Waals surface area contributed by atoms with E-state index in [0.717, 1.165) is 21.7 Å². The van der Waals surface area contributed by atoms with Gasteiger partial charge >= 0.3 is 0 Å². The standard InChI is InChI=1S/C19H20N2O2S2/c1-3-23-15-8-9-16-17(10-15)25-19(20-16)21-18(22)12-24-11-14-6-4-13(2)5-7-14/h4-10H,3,11-12H2,1-2H3,(H,20,21,22). The Labute approximate surface area is 155 Å². The number of benzene rings is 2. The van der Waals surface area contributed by atoms with Gasteiger partial charge in [-0.15, -0.1) is 11.8 Å². The molecule has 1 aromatic heterocycles. The number of nitrogens with one attached hydrogen (secondary N) is 1. The number of thiazole rings is 1. The van der Waals surface area contributed by atoms with Crippen molar-refractivity contribution in [2.75, 3.05) is 17.7 Å². The quantitative estimate of drug-likeness (QED) is 0.642. The SMILES string of the molecule is CCOc1ccc2nc(NC(=O)CSCc3ccc(C)cc3)sc2c1. The zero-order valence-corrected chi connectivity index (χ0v) is 15.9. The van der Waals surface area contributed by atoms with Crippen LogP contribution in [0.25, 0.3) is 10.2 Å². The summed E-state index contributed by atoms with van der Waals surface area (Å²) < 4.78 is 6.50. The number of ether oxygens (including phenoxy) is 1. The summed E-state index contributed by atoms with van der Waals surface area (Å²) in [5.74, 6) is 2.03. The van der Waals surface area contributed by atoms with Crippen molar-refractivity contribution in [1.82, 2.24) is 4.98 Å². The van der Waals surface area contributed by atoms with Crippen LogP contribution in [-0.4, -0.2) is 23.3 Å². The van der Waals surface area contributed by atoms with Gasteiger partial charge in [-0.25, -0.2) is 4.98 Å². The number of nitrogens with zero attached hydrogens (tertiary/aromatic N) is 1. The summed E-state index contributed by atoms with van der Waals surface area (Å²) in [4.78, 5) is 16.6. The summed E-state index contributed by atoms with van der Waals surface area (Å²) in [7, 11) is 0. The molecule has 0 radical (unpaired) electrons. The van der Waals surface area contributed by atoms with E-state index in [0.29, 0.717) is 17.5 Å². The van der Waals surface area contributed by atoms with Crippen molar-refractivity contribution in [1.29, 1.82) is 0 Å². The van der Waals surface area contributed by atoms with Crippen LogP contribution >= 0.6 is 23.1 Å². The summed E-state index contributed by atoms with van der Waals surface area (Å²) in [6, 6.07) is 14.2. The molecule has 0 fully saturated rings. The van der Waals surface area contributed by atoms with Gasteiger partial charge in [-0.1, -0.05) is 41.2 Å². The zero-order valence-electron chi connectivity index (χ0n) is 14.2. The molecular weight excluding hydrogens is 352 g/mol. The van der Waals surface area contributed by atoms with Gasteiger partial charge in [0, 0.05) is 5.75 Å². The maximum Gasteiger partial charge on any atom is 0.236 e. The Morgan fingerprint density at radius 2 is 2.04 bits per heavy atom. The molecule has 1 heterocycles. The Morgan fingerprint density at radius 1 is 1.24 bits per heavy atom. The monoisotopic (exact) mass is 372 g/mol. The second-order valence-electron chi connectivity index (χ2n) is 5.61. The minimum atomic E-state index is -0.0267. The first kappa shape index (κ1) is 17.8. The first-order chi connectivity index (χ1) is 12.1. The van der Waals surface area contributed by atoms with Gasteiger partial charge in [0.15, 0.2) is 5.13 Å². The first-order valence-electron chi connectivity index (χ1n) is 8.10. The van der Waals surface area contributed by atoms with Crippen LogP contribution in [0.3, 0.4) is 0 Å². The lowest BCUT2D eigenvalue weighted by molar-refractivity contribution is -0.113. The van der Waals surface area contributed by atoms with E-state index in [2.05, 4.69) is 41.5 Å². The van der Waals surface area contributed by atoms with Crippen LogP contribution in [0.15, 0.2) is 42.5 Å². The third-order valence-electron chi connectivity index (χ3n) is 3.54. The molecule has 130 valence electrons. The summed E-state index contributed by atoms with van der Waals surface area (Å²) in [6.07, 6.45) is 0. The third-order valence-corrected chi connectivity index (χ3v) is 5.48. The lowest BCUT2D eigenvalue weighted by Crippen LogP contribution is -2.13. The third kappa shape index (κ3) is 4.96. The molecule has 1 amide bonds. The van der Waals surface area contributed by atoms with Gasteiger partial charge < -0.3 is 10.1 Å². The molecule has 3 rings (SSSR count). The van der Waals surface area contributed by atoms with E-state index in [1.54, 1.807) is 11.8 Å². The van der Waals surface area contributed by atoms with Crippen molar-refractivity contribution in [2.24, 2.45) is 0 Å². The molecule has 4 nitrogen and oxygen atoms in total. The van der Waals surface area contributed by atoms with Crippen LogP contribution in [0.5, 0.6) is 5.75 Å². The number of carbonyl (C=O) groups excluding carboxylic acids is 1. The number of carbonyl (C=O) groups is 1. The molecule has 0 bridgehead atoms. The largest absolute Gasteiger partial charge is 0.494 e. The number of aryl methyl sites for hydroxylation is 1. The second kappa shape index (κ2) is 8.36. The molecule has 0 spiro atoms. The normalized spacial score (nSPS) is 10.8. The number of anilines is 1. The predicted molar refractivity (Wildman–Crippen MR) is 107 cm³/mol. The van der Waals surface area contributed by atoms with Gasteiger partial charge in [0.1, 0.15) is 5.75 Å². The van der Waals surface area contributed by atoms with Gasteiger partial charge in [0.25, 0.3) is 0 Å². The molecule has 3 aromatic rings. The van der Waals surface area contributed by atoms with Crippen molar-refractivity contribution in [3.63, 3.8) is 0 Å². The highest BCUT2D eigenvalue weighted by atomic mass is 32.2. The summed E-state index contributed by atoms with van der Waals surface area (Å²) in [5, 5.41) is 3.51. The van der Waals surface area contributed by atoms with E-state index in [1.165, 1.54) is 22.5 Å². The van der Waals surface area contributed by atoms with E-state index < -0.39 is 0 Å². The van der Waals surface area contributed by atoms with Gasteiger partial charge in [-0.05, 0) is 37.6 Å². The van der Waals surface area contributed by atoms with Crippen LogP contribution in [-0.2, 0) is 10.5 Å². The number of hydrogen-bond donors (Lipinski definition) is 1. The van der Waals surface area contributed by atoms with Gasteiger partial charge in [0.2, 0.25) is 5.91 Å². The number of amides is 1. The maximum absolute atomic E-state index is 12.1. The topological polar surface area (TPSA) is 51.2 Å². The highest BCUT2D eigenvalue weighted by molar-refractivity contribution is 7.99. The Bertz CT molecular complexity index is 859. The van der Waals surface area contributed by atoms with Crippen LogP contribution in [0, 0.1) is 6.92 Å². The molecule has 0 unspecified atom stereocenters. The highest BCUT2D eigenvalue weighted by Crippen LogP contribution is 2.29.